The Morgan fingerprint density at radius 2 is 1.73 bits per heavy atom. The van der Waals surface area contributed by atoms with Crippen LogP contribution in [0.2, 0.25) is 0 Å². The van der Waals surface area contributed by atoms with Gasteiger partial charge in [0, 0.05) is 11.6 Å². The number of carbonyl (C=O) groups excluding carboxylic acids is 3. The van der Waals surface area contributed by atoms with E-state index in [4.69, 9.17) is 4.74 Å². The molecule has 1 atom stereocenters. The van der Waals surface area contributed by atoms with Crippen LogP contribution in [0.5, 0.6) is 5.75 Å². The molecule has 1 heterocycles. The summed E-state index contributed by atoms with van der Waals surface area (Å²) in [7, 11) is 0. The van der Waals surface area contributed by atoms with Crippen molar-refractivity contribution in [3.63, 3.8) is 0 Å². The number of nitrogens with one attached hydrogen (secondary N) is 1. The van der Waals surface area contributed by atoms with E-state index < -0.39 is 12.0 Å². The molecule has 6 nitrogen and oxygen atoms in total. The van der Waals surface area contributed by atoms with E-state index in [-0.39, 0.29) is 24.2 Å². The lowest BCUT2D eigenvalue weighted by atomic mass is 10.1. The second-order valence-corrected chi connectivity index (χ2v) is 6.51. The Morgan fingerprint density at radius 1 is 1.04 bits per heavy atom. The summed E-state index contributed by atoms with van der Waals surface area (Å²) >= 11 is 0. The summed E-state index contributed by atoms with van der Waals surface area (Å²) in [5.74, 6) is -0.765. The minimum atomic E-state index is -0.957. The lowest BCUT2D eigenvalue weighted by Gasteiger charge is -2.35. The van der Waals surface area contributed by atoms with Crippen molar-refractivity contribution in [3.8, 4) is 5.75 Å². The third-order valence-corrected chi connectivity index (χ3v) is 4.52. The average Bonchev–Trinajstić information content (AvgIpc) is 3.48. The van der Waals surface area contributed by atoms with Crippen molar-refractivity contribution in [2.24, 2.45) is 5.92 Å². The van der Waals surface area contributed by atoms with E-state index in [0.29, 0.717) is 17.1 Å². The zero-order valence-electron chi connectivity index (χ0n) is 14.1. The van der Waals surface area contributed by atoms with E-state index in [9.17, 15) is 14.4 Å². The van der Waals surface area contributed by atoms with Crippen molar-refractivity contribution in [1.29, 1.82) is 0 Å². The molecule has 1 aliphatic carbocycles. The number of carbonyl (C=O) groups is 3. The van der Waals surface area contributed by atoms with Crippen LogP contribution in [0, 0.1) is 5.92 Å². The number of rotatable bonds is 4. The number of benzene rings is 2. The number of fused-ring (bicyclic) bond motifs is 1. The van der Waals surface area contributed by atoms with Crippen LogP contribution in [0.15, 0.2) is 54.6 Å². The third kappa shape index (κ3) is 3.18. The topological polar surface area (TPSA) is 75.7 Å². The summed E-state index contributed by atoms with van der Waals surface area (Å²) in [5, 5.41) is 2.75. The molecule has 0 unspecified atom stereocenters. The molecule has 2 aromatic rings. The van der Waals surface area contributed by atoms with Gasteiger partial charge in [0.1, 0.15) is 6.04 Å². The van der Waals surface area contributed by atoms with Crippen LogP contribution < -0.4 is 15.0 Å². The quantitative estimate of drug-likeness (QED) is 0.679. The van der Waals surface area contributed by atoms with Crippen LogP contribution in [0.1, 0.15) is 19.3 Å². The summed E-state index contributed by atoms with van der Waals surface area (Å²) in [4.78, 5) is 39.2. The predicted molar refractivity (Wildman–Crippen MR) is 95.8 cm³/mol. The highest BCUT2D eigenvalue weighted by atomic mass is 16.5. The first kappa shape index (κ1) is 16.3. The van der Waals surface area contributed by atoms with Gasteiger partial charge in [-0.2, -0.15) is 0 Å². The fraction of sp³-hybridized carbons (Fsp3) is 0.250. The molecule has 132 valence electrons. The minimum absolute atomic E-state index is 0.0753. The molecular weight excluding hydrogens is 332 g/mol. The largest absolute Gasteiger partial charge is 0.423 e. The summed E-state index contributed by atoms with van der Waals surface area (Å²) in [6, 6.07) is 15.0. The molecule has 26 heavy (non-hydrogen) atoms. The van der Waals surface area contributed by atoms with Gasteiger partial charge >= 0.3 is 5.97 Å². The fourth-order valence-corrected chi connectivity index (χ4v) is 3.08. The number of nitrogens with zero attached hydrogens (tertiary/aromatic N) is 1. The maximum atomic E-state index is 12.8. The predicted octanol–water partition coefficient (Wildman–Crippen LogP) is 2.75. The zero-order valence-corrected chi connectivity index (χ0v) is 14.1. The third-order valence-electron chi connectivity index (χ3n) is 4.52. The lowest BCUT2D eigenvalue weighted by Crippen LogP contribution is -2.52. The molecule has 1 fully saturated rings. The van der Waals surface area contributed by atoms with Crippen molar-refractivity contribution in [2.45, 2.75) is 25.3 Å². The zero-order chi connectivity index (χ0) is 18.1. The van der Waals surface area contributed by atoms with Gasteiger partial charge in [0.2, 0.25) is 11.8 Å². The van der Waals surface area contributed by atoms with Crippen molar-refractivity contribution in [2.75, 3.05) is 10.2 Å². The van der Waals surface area contributed by atoms with E-state index in [0.717, 1.165) is 12.8 Å². The first-order valence-electron chi connectivity index (χ1n) is 8.62. The summed E-state index contributed by atoms with van der Waals surface area (Å²) in [6.07, 6.45) is 1.48. The van der Waals surface area contributed by atoms with Crippen molar-refractivity contribution < 1.29 is 19.1 Å². The van der Waals surface area contributed by atoms with Crippen LogP contribution in [-0.2, 0) is 14.4 Å². The Kier molecular flexibility index (Phi) is 4.16. The second kappa shape index (κ2) is 6.63. The molecule has 2 aliphatic rings. The molecule has 4 rings (SSSR count). The smallest absolute Gasteiger partial charge is 0.335 e. The first-order chi connectivity index (χ1) is 12.6. The highest BCUT2D eigenvalue weighted by molar-refractivity contribution is 6.07. The van der Waals surface area contributed by atoms with Crippen LogP contribution in [0.3, 0.4) is 0 Å². The fourth-order valence-electron chi connectivity index (χ4n) is 3.08. The van der Waals surface area contributed by atoms with E-state index >= 15 is 0 Å². The molecule has 2 amide bonds. The Hall–Kier alpha value is -3.15. The summed E-state index contributed by atoms with van der Waals surface area (Å²) in [5.41, 5.74) is 1.18. The number of anilines is 2. The highest BCUT2D eigenvalue weighted by Gasteiger charge is 2.44. The SMILES string of the molecule is O=C(C[C@H]1C(=O)Oc2ccccc2N1C(=O)C1CC1)Nc1ccccc1. The Labute approximate surface area is 150 Å². The van der Waals surface area contributed by atoms with Gasteiger partial charge in [0.25, 0.3) is 0 Å². The highest BCUT2D eigenvalue weighted by Crippen LogP contribution is 2.40. The van der Waals surface area contributed by atoms with Crippen LogP contribution in [0.4, 0.5) is 11.4 Å². The van der Waals surface area contributed by atoms with Crippen LogP contribution in [-0.4, -0.2) is 23.8 Å². The van der Waals surface area contributed by atoms with Crippen molar-refractivity contribution in [1.82, 2.24) is 0 Å². The monoisotopic (exact) mass is 350 g/mol. The lowest BCUT2D eigenvalue weighted by molar-refractivity contribution is -0.140. The van der Waals surface area contributed by atoms with Gasteiger partial charge < -0.3 is 10.1 Å². The normalized spacial score (nSPS) is 18.7. The van der Waals surface area contributed by atoms with Crippen molar-refractivity contribution >= 4 is 29.2 Å². The van der Waals surface area contributed by atoms with Crippen LogP contribution >= 0.6 is 0 Å². The number of amides is 2. The molecule has 6 heteroatoms. The molecular formula is C20H18N2O4. The van der Waals surface area contributed by atoms with Gasteiger partial charge in [-0.25, -0.2) is 4.79 Å². The molecule has 1 aliphatic heterocycles. The molecule has 0 saturated heterocycles. The Morgan fingerprint density at radius 3 is 2.46 bits per heavy atom. The number of hydrogen-bond donors (Lipinski definition) is 1. The van der Waals surface area contributed by atoms with E-state index in [1.807, 2.05) is 18.2 Å². The maximum Gasteiger partial charge on any atom is 0.335 e. The van der Waals surface area contributed by atoms with Gasteiger partial charge in [-0.3, -0.25) is 14.5 Å². The maximum absolute atomic E-state index is 12.8. The number of hydrogen-bond acceptors (Lipinski definition) is 4. The second-order valence-electron chi connectivity index (χ2n) is 6.51. The van der Waals surface area contributed by atoms with Gasteiger partial charge in [0.15, 0.2) is 5.75 Å². The van der Waals surface area contributed by atoms with Crippen LogP contribution in [0.25, 0.3) is 0 Å². The van der Waals surface area contributed by atoms with Gasteiger partial charge in [-0.05, 0) is 37.1 Å². The summed E-state index contributed by atoms with van der Waals surface area (Å²) < 4.78 is 5.36. The van der Waals surface area contributed by atoms with Gasteiger partial charge in [0.05, 0.1) is 12.1 Å². The molecule has 0 spiro atoms. The van der Waals surface area contributed by atoms with Gasteiger partial charge in [-0.15, -0.1) is 0 Å². The number of para-hydroxylation sites is 3. The molecule has 1 saturated carbocycles. The van der Waals surface area contributed by atoms with E-state index in [1.165, 1.54) is 4.90 Å². The average molecular weight is 350 g/mol. The van der Waals surface area contributed by atoms with Crippen molar-refractivity contribution in [3.05, 3.63) is 54.6 Å². The number of esters is 1. The molecule has 1 N–H and O–H groups in total. The Bertz CT molecular complexity index is 861. The number of ether oxygens (including phenoxy) is 1. The standard InChI is InChI=1S/C20H18N2O4/c23-18(21-14-6-2-1-3-7-14)12-16-20(25)26-17-9-5-4-8-15(17)22(16)19(24)13-10-11-13/h1-9,13,16H,10-12H2,(H,21,23)/t16-/m0/s1. The molecule has 0 aromatic heterocycles. The molecule has 0 radical (unpaired) electrons. The van der Waals surface area contributed by atoms with Gasteiger partial charge in [-0.1, -0.05) is 30.3 Å². The molecule has 0 bridgehead atoms. The van der Waals surface area contributed by atoms with E-state index in [2.05, 4.69) is 5.32 Å². The summed E-state index contributed by atoms with van der Waals surface area (Å²) in [6.45, 7) is 0. The first-order valence-corrected chi connectivity index (χ1v) is 8.62. The minimum Gasteiger partial charge on any atom is -0.423 e. The van der Waals surface area contributed by atoms with E-state index in [1.54, 1.807) is 36.4 Å². The molecule has 2 aromatic carbocycles. The Balaban J connectivity index is 1.59.